The lowest BCUT2D eigenvalue weighted by Crippen LogP contribution is -2.74. The van der Waals surface area contributed by atoms with E-state index in [0.29, 0.717) is 11.1 Å². The lowest BCUT2D eigenvalue weighted by atomic mass is 9.98. The van der Waals surface area contributed by atoms with Gasteiger partial charge in [-0.2, -0.15) is 0 Å². The second-order valence-electron chi connectivity index (χ2n) is 5.75. The number of thioether (sulfide) groups is 1. The van der Waals surface area contributed by atoms with Crippen LogP contribution in [-0.4, -0.2) is 45.2 Å². The number of nitrogens with one attached hydrogen (secondary N) is 1. The van der Waals surface area contributed by atoms with Crippen LogP contribution in [0.4, 0.5) is 0 Å². The maximum absolute atomic E-state index is 12.3. The van der Waals surface area contributed by atoms with Gasteiger partial charge in [-0.05, 0) is 23.5 Å². The molecule has 1 saturated heterocycles. The van der Waals surface area contributed by atoms with Gasteiger partial charge >= 0.3 is 5.97 Å². The Morgan fingerprint density at radius 3 is 2.62 bits per heavy atom. The van der Waals surface area contributed by atoms with Crippen LogP contribution >= 0.6 is 11.8 Å². The molecule has 3 rings (SSSR count). The van der Waals surface area contributed by atoms with Crippen molar-refractivity contribution in [2.45, 2.75) is 30.4 Å². The number of carbonyl (C=O) groups is 3. The number of β-lactam (4-membered cyclic amide) rings is 1. The first kappa shape index (κ1) is 16.5. The van der Waals surface area contributed by atoms with Crippen LogP contribution in [0, 0.1) is 0 Å². The second kappa shape index (κ2) is 6.29. The van der Waals surface area contributed by atoms with Crippen molar-refractivity contribution in [1.29, 1.82) is 0 Å². The Balaban J connectivity index is 1.71. The maximum Gasteiger partial charge on any atom is 0.330 e. The normalized spacial score (nSPS) is 26.8. The minimum Gasteiger partial charge on any atom is -0.479 e. The van der Waals surface area contributed by atoms with Crippen molar-refractivity contribution >= 4 is 29.5 Å². The van der Waals surface area contributed by atoms with Gasteiger partial charge in [-0.3, -0.25) is 9.59 Å². The molecule has 2 amide bonds. The van der Waals surface area contributed by atoms with E-state index in [1.54, 1.807) is 36.6 Å². The molecular weight excluding hydrogens is 330 g/mol. The zero-order valence-electron chi connectivity index (χ0n) is 12.9. The van der Waals surface area contributed by atoms with E-state index >= 15 is 0 Å². The number of carboxylic acid groups (broad SMARTS) is 1. The van der Waals surface area contributed by atoms with E-state index in [4.69, 9.17) is 5.73 Å². The van der Waals surface area contributed by atoms with Crippen molar-refractivity contribution in [3.05, 3.63) is 46.9 Å². The third-order valence-electron chi connectivity index (χ3n) is 4.16. The van der Waals surface area contributed by atoms with Gasteiger partial charge in [-0.1, -0.05) is 30.3 Å². The fourth-order valence-corrected chi connectivity index (χ4v) is 4.05. The number of hydrogen-bond acceptors (Lipinski definition) is 5. The molecule has 0 bridgehead atoms. The van der Waals surface area contributed by atoms with Crippen molar-refractivity contribution in [1.82, 2.24) is 10.2 Å². The molecule has 126 valence electrons. The van der Waals surface area contributed by atoms with Gasteiger partial charge in [0.2, 0.25) is 11.8 Å². The average molecular weight is 347 g/mol. The molecular formula is C16H17N3O4S. The minimum atomic E-state index is -1.08. The van der Waals surface area contributed by atoms with Gasteiger partial charge in [0, 0.05) is 0 Å². The van der Waals surface area contributed by atoms with Crippen molar-refractivity contribution in [2.24, 2.45) is 5.73 Å². The topological polar surface area (TPSA) is 113 Å². The number of amides is 2. The van der Waals surface area contributed by atoms with Crippen LogP contribution in [0.2, 0.25) is 0 Å². The molecule has 0 saturated carbocycles. The molecule has 0 aliphatic carbocycles. The molecule has 4 N–H and O–H groups in total. The highest BCUT2D eigenvalue weighted by Crippen LogP contribution is 2.39. The SMILES string of the molecule is CC1=CS[C@@H]2[C@H](NC(=O)[C@H](N)c3ccccc3)C(=O)N2C1C(=O)O. The molecule has 1 fully saturated rings. The summed E-state index contributed by atoms with van der Waals surface area (Å²) < 4.78 is 0. The van der Waals surface area contributed by atoms with E-state index in [9.17, 15) is 19.5 Å². The largest absolute Gasteiger partial charge is 0.479 e. The highest BCUT2D eigenvalue weighted by Gasteiger charge is 2.55. The van der Waals surface area contributed by atoms with E-state index in [1.807, 2.05) is 6.07 Å². The highest BCUT2D eigenvalue weighted by molar-refractivity contribution is 8.02. The Hall–Kier alpha value is -2.32. The van der Waals surface area contributed by atoms with Crippen LogP contribution < -0.4 is 11.1 Å². The molecule has 1 aromatic carbocycles. The summed E-state index contributed by atoms with van der Waals surface area (Å²) in [7, 11) is 0. The fraction of sp³-hybridized carbons (Fsp3) is 0.312. The Morgan fingerprint density at radius 2 is 2.00 bits per heavy atom. The van der Waals surface area contributed by atoms with Crippen LogP contribution in [0.25, 0.3) is 0 Å². The standard InChI is InChI=1S/C16H17N3O4S/c1-8-7-24-15-11(14(21)19(15)12(8)16(22)23)18-13(20)10(17)9-5-3-2-4-6-9/h2-7,10-12,15H,17H2,1H3,(H,18,20)(H,22,23)/t10-,11-,12?,15-/m1/s1. The fourth-order valence-electron chi connectivity index (χ4n) is 2.87. The number of nitrogens with two attached hydrogens (primary N) is 1. The van der Waals surface area contributed by atoms with Crippen molar-refractivity contribution in [3.63, 3.8) is 0 Å². The van der Waals surface area contributed by atoms with E-state index in [0.717, 1.165) is 0 Å². The second-order valence-corrected chi connectivity index (χ2v) is 6.74. The summed E-state index contributed by atoms with van der Waals surface area (Å²) in [6, 6.07) is 6.24. The Labute approximate surface area is 142 Å². The molecule has 8 heteroatoms. The quantitative estimate of drug-likeness (QED) is 0.682. The molecule has 7 nitrogen and oxygen atoms in total. The first-order valence-corrected chi connectivity index (χ1v) is 8.34. The maximum atomic E-state index is 12.3. The number of nitrogens with zero attached hydrogens (tertiary/aromatic N) is 1. The Kier molecular flexibility index (Phi) is 4.33. The van der Waals surface area contributed by atoms with Crippen LogP contribution in [0.15, 0.2) is 41.3 Å². The molecule has 24 heavy (non-hydrogen) atoms. The molecule has 0 aromatic heterocycles. The van der Waals surface area contributed by atoms with Crippen molar-refractivity contribution in [2.75, 3.05) is 0 Å². The number of benzene rings is 1. The van der Waals surface area contributed by atoms with Gasteiger partial charge in [-0.15, -0.1) is 11.8 Å². The van der Waals surface area contributed by atoms with Crippen LogP contribution in [0.3, 0.4) is 0 Å². The molecule has 0 spiro atoms. The first-order chi connectivity index (χ1) is 11.4. The molecule has 2 aliphatic rings. The van der Waals surface area contributed by atoms with Gasteiger partial charge < -0.3 is 21.1 Å². The Bertz CT molecular complexity index is 721. The van der Waals surface area contributed by atoms with Gasteiger partial charge in [0.25, 0.3) is 0 Å². The summed E-state index contributed by atoms with van der Waals surface area (Å²) in [4.78, 5) is 37.3. The van der Waals surface area contributed by atoms with Crippen LogP contribution in [-0.2, 0) is 14.4 Å². The number of hydrogen-bond donors (Lipinski definition) is 3. The number of carboxylic acids is 1. The number of fused-ring (bicyclic) bond motifs is 1. The minimum absolute atomic E-state index is 0.402. The number of aliphatic carboxylic acids is 1. The lowest BCUT2D eigenvalue weighted by Gasteiger charge is -2.51. The summed E-state index contributed by atoms with van der Waals surface area (Å²) in [6.07, 6.45) is 0. The predicted molar refractivity (Wildman–Crippen MR) is 88.7 cm³/mol. The van der Waals surface area contributed by atoms with Crippen molar-refractivity contribution < 1.29 is 19.5 Å². The summed E-state index contributed by atoms with van der Waals surface area (Å²) in [5.74, 6) is -1.94. The van der Waals surface area contributed by atoms with Crippen molar-refractivity contribution in [3.8, 4) is 0 Å². The molecule has 0 radical (unpaired) electrons. The molecule has 4 atom stereocenters. The summed E-state index contributed by atoms with van der Waals surface area (Å²) in [6.45, 7) is 1.67. The highest BCUT2D eigenvalue weighted by atomic mass is 32.2. The van der Waals surface area contributed by atoms with Crippen LogP contribution in [0.5, 0.6) is 0 Å². The first-order valence-electron chi connectivity index (χ1n) is 7.40. The lowest BCUT2D eigenvalue weighted by molar-refractivity contribution is -0.160. The molecule has 1 unspecified atom stereocenters. The number of rotatable bonds is 4. The van der Waals surface area contributed by atoms with Gasteiger partial charge in [0.05, 0.1) is 0 Å². The zero-order chi connectivity index (χ0) is 17.4. The summed E-state index contributed by atoms with van der Waals surface area (Å²) in [5, 5.41) is 13.2. The Morgan fingerprint density at radius 1 is 1.33 bits per heavy atom. The van der Waals surface area contributed by atoms with E-state index in [1.165, 1.54) is 16.7 Å². The smallest absolute Gasteiger partial charge is 0.330 e. The van der Waals surface area contributed by atoms with E-state index < -0.39 is 41.3 Å². The monoisotopic (exact) mass is 347 g/mol. The van der Waals surface area contributed by atoms with Crippen LogP contribution in [0.1, 0.15) is 18.5 Å². The van der Waals surface area contributed by atoms with Gasteiger partial charge in [-0.25, -0.2) is 4.79 Å². The molecule has 2 aliphatic heterocycles. The summed E-state index contributed by atoms with van der Waals surface area (Å²) >= 11 is 1.33. The zero-order valence-corrected chi connectivity index (χ0v) is 13.7. The number of carbonyl (C=O) groups excluding carboxylic acids is 2. The van der Waals surface area contributed by atoms with E-state index in [-0.39, 0.29) is 0 Å². The third kappa shape index (κ3) is 2.67. The molecule has 2 heterocycles. The van der Waals surface area contributed by atoms with Gasteiger partial charge in [0.15, 0.2) is 6.04 Å². The molecule has 1 aromatic rings. The summed E-state index contributed by atoms with van der Waals surface area (Å²) in [5.41, 5.74) is 7.17. The average Bonchev–Trinajstić information content (AvgIpc) is 2.59. The van der Waals surface area contributed by atoms with Gasteiger partial charge in [0.1, 0.15) is 17.5 Å². The predicted octanol–water partition coefficient (Wildman–Crippen LogP) is 0.443. The van der Waals surface area contributed by atoms with E-state index in [2.05, 4.69) is 5.32 Å². The third-order valence-corrected chi connectivity index (χ3v) is 5.44.